The van der Waals surface area contributed by atoms with Crippen molar-refractivity contribution in [1.29, 1.82) is 0 Å². The molecular formula is C25H33NO4. The van der Waals surface area contributed by atoms with Crippen LogP contribution < -0.4 is 4.74 Å². The standard InChI is InChI=1S/C25H33NO4/c1-18-7-6-8-19(2)24(18)29-21-11-9-20(10-12-21)22-17-26(15-16-28-22)14-13-23(27)30-25(3,4)5/h6-12,22H,13-17H2,1-5H3. The Hall–Kier alpha value is -2.37. The number of carbonyl (C=O) groups is 1. The van der Waals surface area contributed by atoms with Crippen LogP contribution in [0.4, 0.5) is 0 Å². The molecule has 5 nitrogen and oxygen atoms in total. The molecule has 0 N–H and O–H groups in total. The molecule has 0 saturated carbocycles. The molecule has 0 spiro atoms. The Labute approximate surface area is 179 Å². The molecule has 1 saturated heterocycles. The van der Waals surface area contributed by atoms with Gasteiger partial charge in [0.25, 0.3) is 0 Å². The Morgan fingerprint density at radius 1 is 1.10 bits per heavy atom. The van der Waals surface area contributed by atoms with Gasteiger partial charge in [-0.2, -0.15) is 0 Å². The topological polar surface area (TPSA) is 48.0 Å². The van der Waals surface area contributed by atoms with Crippen LogP contribution in [0.3, 0.4) is 0 Å². The van der Waals surface area contributed by atoms with Crippen molar-refractivity contribution in [2.45, 2.75) is 52.7 Å². The first kappa shape index (κ1) is 22.3. The van der Waals surface area contributed by atoms with E-state index in [9.17, 15) is 4.79 Å². The van der Waals surface area contributed by atoms with Gasteiger partial charge >= 0.3 is 5.97 Å². The number of hydrogen-bond acceptors (Lipinski definition) is 5. The predicted molar refractivity (Wildman–Crippen MR) is 118 cm³/mol. The highest BCUT2D eigenvalue weighted by Crippen LogP contribution is 2.30. The van der Waals surface area contributed by atoms with E-state index in [2.05, 4.69) is 43.0 Å². The molecule has 162 valence electrons. The van der Waals surface area contributed by atoms with E-state index in [0.29, 0.717) is 19.6 Å². The maximum absolute atomic E-state index is 12.0. The zero-order valence-electron chi connectivity index (χ0n) is 18.7. The lowest BCUT2D eigenvalue weighted by Gasteiger charge is -2.33. The first-order chi connectivity index (χ1) is 14.2. The summed E-state index contributed by atoms with van der Waals surface area (Å²) < 4.78 is 17.5. The van der Waals surface area contributed by atoms with Gasteiger partial charge in [0.15, 0.2) is 0 Å². The summed E-state index contributed by atoms with van der Waals surface area (Å²) in [6.45, 7) is 12.7. The van der Waals surface area contributed by atoms with Crippen molar-refractivity contribution in [2.24, 2.45) is 0 Å². The number of rotatable bonds is 6. The van der Waals surface area contributed by atoms with Crippen LogP contribution in [0, 0.1) is 13.8 Å². The van der Waals surface area contributed by atoms with Gasteiger partial charge in [-0.05, 0) is 63.4 Å². The molecule has 1 unspecified atom stereocenters. The van der Waals surface area contributed by atoms with Crippen LogP contribution in [0.2, 0.25) is 0 Å². The van der Waals surface area contributed by atoms with Gasteiger partial charge in [0, 0.05) is 19.6 Å². The monoisotopic (exact) mass is 411 g/mol. The van der Waals surface area contributed by atoms with E-state index >= 15 is 0 Å². The van der Waals surface area contributed by atoms with Crippen molar-refractivity contribution in [3.8, 4) is 11.5 Å². The van der Waals surface area contributed by atoms with Gasteiger partial charge in [0.1, 0.15) is 17.1 Å². The molecule has 3 rings (SSSR count). The molecular weight excluding hydrogens is 378 g/mol. The number of esters is 1. The molecule has 0 bridgehead atoms. The highest BCUT2D eigenvalue weighted by atomic mass is 16.6. The Kier molecular flexibility index (Phi) is 7.16. The molecule has 0 amide bonds. The van der Waals surface area contributed by atoms with Gasteiger partial charge in [-0.3, -0.25) is 9.69 Å². The van der Waals surface area contributed by atoms with Crippen molar-refractivity contribution >= 4 is 5.97 Å². The molecule has 1 aliphatic rings. The smallest absolute Gasteiger partial charge is 0.307 e. The average Bonchev–Trinajstić information content (AvgIpc) is 2.69. The fraction of sp³-hybridized carbons (Fsp3) is 0.480. The van der Waals surface area contributed by atoms with Crippen LogP contribution in [-0.2, 0) is 14.3 Å². The Morgan fingerprint density at radius 3 is 2.40 bits per heavy atom. The minimum atomic E-state index is -0.439. The molecule has 1 aliphatic heterocycles. The minimum Gasteiger partial charge on any atom is -0.460 e. The lowest BCUT2D eigenvalue weighted by molar-refractivity contribution is -0.155. The SMILES string of the molecule is Cc1cccc(C)c1Oc1ccc(C2CN(CCC(=O)OC(C)(C)C)CCO2)cc1. The van der Waals surface area contributed by atoms with Crippen LogP contribution in [0.1, 0.15) is 50.0 Å². The van der Waals surface area contributed by atoms with Crippen LogP contribution in [-0.4, -0.2) is 42.7 Å². The lowest BCUT2D eigenvalue weighted by atomic mass is 10.1. The largest absolute Gasteiger partial charge is 0.460 e. The molecule has 0 aliphatic carbocycles. The van der Waals surface area contributed by atoms with Gasteiger partial charge in [-0.25, -0.2) is 0 Å². The number of ether oxygens (including phenoxy) is 3. The summed E-state index contributed by atoms with van der Waals surface area (Å²) in [5.41, 5.74) is 2.92. The number of carbonyl (C=O) groups excluding carboxylic acids is 1. The summed E-state index contributed by atoms with van der Waals surface area (Å²) in [6.07, 6.45) is 0.388. The summed E-state index contributed by atoms with van der Waals surface area (Å²) >= 11 is 0. The Balaban J connectivity index is 1.56. The quantitative estimate of drug-likeness (QED) is 0.612. The Bertz CT molecular complexity index is 834. The second kappa shape index (κ2) is 9.63. The van der Waals surface area contributed by atoms with Gasteiger partial charge in [-0.15, -0.1) is 0 Å². The fourth-order valence-corrected chi connectivity index (χ4v) is 3.58. The van der Waals surface area contributed by atoms with Crippen molar-refractivity contribution in [3.05, 3.63) is 59.2 Å². The first-order valence-electron chi connectivity index (χ1n) is 10.6. The van der Waals surface area contributed by atoms with Crippen molar-refractivity contribution in [2.75, 3.05) is 26.2 Å². The van der Waals surface area contributed by atoms with E-state index in [4.69, 9.17) is 14.2 Å². The van der Waals surface area contributed by atoms with Crippen LogP contribution in [0.15, 0.2) is 42.5 Å². The van der Waals surface area contributed by atoms with Crippen molar-refractivity contribution < 1.29 is 19.0 Å². The lowest BCUT2D eigenvalue weighted by Crippen LogP contribution is -2.39. The van der Waals surface area contributed by atoms with E-state index in [1.54, 1.807) is 0 Å². The van der Waals surface area contributed by atoms with E-state index < -0.39 is 5.60 Å². The fourth-order valence-electron chi connectivity index (χ4n) is 3.58. The number of morpholine rings is 1. The molecule has 2 aromatic rings. The zero-order chi connectivity index (χ0) is 21.7. The normalized spacial score (nSPS) is 17.6. The highest BCUT2D eigenvalue weighted by molar-refractivity contribution is 5.70. The maximum atomic E-state index is 12.0. The summed E-state index contributed by atoms with van der Waals surface area (Å²) in [5.74, 6) is 1.57. The predicted octanol–water partition coefficient (Wildman–Crippen LogP) is 5.20. The highest BCUT2D eigenvalue weighted by Gasteiger charge is 2.23. The van der Waals surface area contributed by atoms with Crippen LogP contribution in [0.25, 0.3) is 0 Å². The van der Waals surface area contributed by atoms with E-state index in [1.165, 1.54) is 0 Å². The number of nitrogens with zero attached hydrogens (tertiary/aromatic N) is 1. The molecule has 1 atom stereocenters. The van der Waals surface area contributed by atoms with Gasteiger partial charge in [-0.1, -0.05) is 30.3 Å². The first-order valence-corrected chi connectivity index (χ1v) is 10.6. The van der Waals surface area contributed by atoms with Crippen molar-refractivity contribution in [1.82, 2.24) is 4.90 Å². The maximum Gasteiger partial charge on any atom is 0.307 e. The molecule has 1 fully saturated rings. The minimum absolute atomic E-state index is 0.00775. The van der Waals surface area contributed by atoms with Crippen molar-refractivity contribution in [3.63, 3.8) is 0 Å². The number of hydrogen-bond donors (Lipinski definition) is 0. The van der Waals surface area contributed by atoms with Gasteiger partial charge in [0.05, 0.1) is 19.1 Å². The number of benzene rings is 2. The third-order valence-electron chi connectivity index (χ3n) is 5.08. The van der Waals surface area contributed by atoms with Gasteiger partial charge in [0.2, 0.25) is 0 Å². The average molecular weight is 412 g/mol. The third-order valence-corrected chi connectivity index (χ3v) is 5.08. The van der Waals surface area contributed by atoms with Gasteiger partial charge < -0.3 is 14.2 Å². The summed E-state index contributed by atoms with van der Waals surface area (Å²) in [7, 11) is 0. The molecule has 0 aromatic heterocycles. The van der Waals surface area contributed by atoms with Crippen LogP contribution in [0.5, 0.6) is 11.5 Å². The molecule has 1 heterocycles. The summed E-state index contributed by atoms with van der Waals surface area (Å²) in [4.78, 5) is 14.3. The Morgan fingerprint density at radius 2 is 1.77 bits per heavy atom. The summed E-state index contributed by atoms with van der Waals surface area (Å²) in [6, 6.07) is 14.2. The number of aryl methyl sites for hydroxylation is 2. The third kappa shape index (κ3) is 6.31. The molecule has 0 radical (unpaired) electrons. The molecule has 30 heavy (non-hydrogen) atoms. The van der Waals surface area contributed by atoms with E-state index in [-0.39, 0.29) is 12.1 Å². The zero-order valence-corrected chi connectivity index (χ0v) is 18.7. The number of para-hydroxylation sites is 1. The van der Waals surface area contributed by atoms with E-state index in [1.807, 2.05) is 39.0 Å². The second-order valence-corrected chi connectivity index (χ2v) is 8.89. The summed E-state index contributed by atoms with van der Waals surface area (Å²) in [5, 5.41) is 0. The van der Waals surface area contributed by atoms with Crippen LogP contribution >= 0.6 is 0 Å². The second-order valence-electron chi connectivity index (χ2n) is 8.89. The molecule has 2 aromatic carbocycles. The van der Waals surface area contributed by atoms with E-state index in [0.717, 1.165) is 41.3 Å². The molecule has 5 heteroatoms.